The number of benzene rings is 2. The van der Waals surface area contributed by atoms with Crippen LogP contribution in [0.5, 0.6) is 11.5 Å². The van der Waals surface area contributed by atoms with E-state index >= 15 is 0 Å². The van der Waals surface area contributed by atoms with Gasteiger partial charge in [-0.25, -0.2) is 0 Å². The maximum Gasteiger partial charge on any atom is 0.240 e. The molecular weight excluding hydrogens is 356 g/mol. The molecule has 3 aromatic rings. The van der Waals surface area contributed by atoms with Gasteiger partial charge in [-0.1, -0.05) is 18.2 Å². The van der Waals surface area contributed by atoms with E-state index in [1.807, 2.05) is 30.3 Å². The lowest BCUT2D eigenvalue weighted by Gasteiger charge is -2.15. The number of furan rings is 1. The molecule has 0 radical (unpaired) electrons. The number of ether oxygens (including phenoxy) is 1. The molecule has 2 N–H and O–H groups in total. The largest absolute Gasteiger partial charge is 0.467 e. The highest BCUT2D eigenvalue weighted by molar-refractivity contribution is 6.13. The summed E-state index contributed by atoms with van der Waals surface area (Å²) in [7, 11) is 0. The van der Waals surface area contributed by atoms with Crippen molar-refractivity contribution in [2.24, 2.45) is 5.41 Å². The lowest BCUT2D eigenvalue weighted by atomic mass is 10.0. The zero-order valence-electron chi connectivity index (χ0n) is 15.2. The molecule has 0 aliphatic heterocycles. The molecule has 0 atom stereocenters. The number of amides is 2. The summed E-state index contributed by atoms with van der Waals surface area (Å²) in [6.07, 6.45) is 2.63. The minimum Gasteiger partial charge on any atom is -0.467 e. The molecule has 2 aromatic carbocycles. The molecular formula is C22H20N2O4. The molecule has 0 bridgehead atoms. The van der Waals surface area contributed by atoms with Crippen molar-refractivity contribution >= 4 is 17.5 Å². The molecule has 1 aliphatic rings. The molecule has 1 fully saturated rings. The Morgan fingerprint density at radius 3 is 2.25 bits per heavy atom. The van der Waals surface area contributed by atoms with Crippen LogP contribution in [0, 0.1) is 5.41 Å². The third kappa shape index (κ3) is 3.91. The molecule has 0 unspecified atom stereocenters. The van der Waals surface area contributed by atoms with Crippen LogP contribution < -0.4 is 15.4 Å². The van der Waals surface area contributed by atoms with Gasteiger partial charge in [-0.05, 0) is 61.4 Å². The van der Waals surface area contributed by atoms with Crippen molar-refractivity contribution in [3.8, 4) is 11.5 Å². The number of anilines is 1. The molecule has 1 aromatic heterocycles. The number of hydrogen-bond donors (Lipinski definition) is 2. The highest BCUT2D eigenvalue weighted by atomic mass is 16.5. The van der Waals surface area contributed by atoms with Gasteiger partial charge in [0.1, 0.15) is 22.7 Å². The Balaban J connectivity index is 1.34. The van der Waals surface area contributed by atoms with Crippen LogP contribution in [-0.4, -0.2) is 11.8 Å². The van der Waals surface area contributed by atoms with Crippen molar-refractivity contribution in [3.63, 3.8) is 0 Å². The fourth-order valence-corrected chi connectivity index (χ4v) is 2.91. The maximum absolute atomic E-state index is 12.6. The second-order valence-corrected chi connectivity index (χ2v) is 6.74. The van der Waals surface area contributed by atoms with E-state index < -0.39 is 5.41 Å². The zero-order valence-corrected chi connectivity index (χ0v) is 15.2. The fraction of sp³-hybridized carbons (Fsp3) is 0.182. The van der Waals surface area contributed by atoms with Crippen molar-refractivity contribution in [1.82, 2.24) is 5.32 Å². The van der Waals surface area contributed by atoms with E-state index in [0.717, 1.165) is 5.75 Å². The summed E-state index contributed by atoms with van der Waals surface area (Å²) in [6, 6.07) is 20.1. The SMILES string of the molecule is O=C(NCc1ccco1)C1(C(=O)Nc2ccc(Oc3ccccc3)cc2)CC1. The summed E-state index contributed by atoms with van der Waals surface area (Å²) in [5.74, 6) is 1.50. The lowest BCUT2D eigenvalue weighted by Crippen LogP contribution is -2.39. The monoisotopic (exact) mass is 376 g/mol. The van der Waals surface area contributed by atoms with Gasteiger partial charge < -0.3 is 19.8 Å². The van der Waals surface area contributed by atoms with Crippen LogP contribution in [0.25, 0.3) is 0 Å². The smallest absolute Gasteiger partial charge is 0.240 e. The third-order valence-electron chi connectivity index (χ3n) is 4.71. The van der Waals surface area contributed by atoms with Gasteiger partial charge in [0.25, 0.3) is 0 Å². The zero-order chi connectivity index (χ0) is 19.4. The molecule has 1 saturated carbocycles. The Hall–Kier alpha value is -3.54. The molecule has 2 amide bonds. The van der Waals surface area contributed by atoms with Gasteiger partial charge in [-0.2, -0.15) is 0 Å². The van der Waals surface area contributed by atoms with Crippen molar-refractivity contribution in [2.45, 2.75) is 19.4 Å². The first-order valence-electron chi connectivity index (χ1n) is 9.11. The van der Waals surface area contributed by atoms with Gasteiger partial charge in [-0.15, -0.1) is 0 Å². The second-order valence-electron chi connectivity index (χ2n) is 6.74. The fourth-order valence-electron chi connectivity index (χ4n) is 2.91. The number of hydrogen-bond acceptors (Lipinski definition) is 4. The Morgan fingerprint density at radius 1 is 0.893 bits per heavy atom. The summed E-state index contributed by atoms with van der Waals surface area (Å²) in [5, 5.41) is 5.61. The number of para-hydroxylation sites is 1. The van der Waals surface area contributed by atoms with Gasteiger partial charge in [0, 0.05) is 5.69 Å². The predicted molar refractivity (Wildman–Crippen MR) is 104 cm³/mol. The third-order valence-corrected chi connectivity index (χ3v) is 4.71. The standard InChI is InChI=1S/C22H20N2O4/c25-20(23-15-19-7-4-14-27-19)22(12-13-22)21(26)24-16-8-10-18(11-9-16)28-17-5-2-1-3-6-17/h1-11,14H,12-13,15H2,(H,23,25)(H,24,26). The van der Waals surface area contributed by atoms with E-state index in [2.05, 4.69) is 10.6 Å². The highest BCUT2D eigenvalue weighted by Gasteiger charge is 2.56. The number of carbonyl (C=O) groups excluding carboxylic acids is 2. The molecule has 0 saturated heterocycles. The number of nitrogens with one attached hydrogen (secondary N) is 2. The molecule has 4 rings (SSSR count). The van der Waals surface area contributed by atoms with Crippen LogP contribution >= 0.6 is 0 Å². The molecule has 6 nitrogen and oxygen atoms in total. The van der Waals surface area contributed by atoms with Crippen LogP contribution in [0.2, 0.25) is 0 Å². The summed E-state index contributed by atoms with van der Waals surface area (Å²) < 4.78 is 10.9. The van der Waals surface area contributed by atoms with E-state index in [-0.39, 0.29) is 18.4 Å². The van der Waals surface area contributed by atoms with Crippen molar-refractivity contribution < 1.29 is 18.7 Å². The molecule has 1 aliphatic carbocycles. The van der Waals surface area contributed by atoms with Crippen molar-refractivity contribution in [1.29, 1.82) is 0 Å². The Morgan fingerprint density at radius 2 is 1.61 bits per heavy atom. The van der Waals surface area contributed by atoms with Gasteiger partial charge in [0.2, 0.25) is 11.8 Å². The van der Waals surface area contributed by atoms with Crippen LogP contribution in [0.4, 0.5) is 5.69 Å². The molecule has 28 heavy (non-hydrogen) atoms. The molecule has 142 valence electrons. The second kappa shape index (κ2) is 7.60. The summed E-state index contributed by atoms with van der Waals surface area (Å²) in [5.41, 5.74) is -0.373. The van der Waals surface area contributed by atoms with Gasteiger partial charge in [0.15, 0.2) is 0 Å². The van der Waals surface area contributed by atoms with Crippen LogP contribution in [-0.2, 0) is 16.1 Å². The molecule has 1 heterocycles. The minimum atomic E-state index is -0.994. The normalized spacial score (nSPS) is 14.1. The molecule has 0 spiro atoms. The Kier molecular flexibility index (Phi) is 4.85. The summed E-state index contributed by atoms with van der Waals surface area (Å²) in [6.45, 7) is 0.270. The van der Waals surface area contributed by atoms with Gasteiger partial charge >= 0.3 is 0 Å². The predicted octanol–water partition coefficient (Wildman–Crippen LogP) is 4.11. The highest BCUT2D eigenvalue weighted by Crippen LogP contribution is 2.47. The average molecular weight is 376 g/mol. The first-order chi connectivity index (χ1) is 13.7. The minimum absolute atomic E-state index is 0.270. The van der Waals surface area contributed by atoms with Crippen LogP contribution in [0.3, 0.4) is 0 Å². The van der Waals surface area contributed by atoms with Crippen molar-refractivity contribution in [3.05, 3.63) is 78.8 Å². The number of rotatable bonds is 7. The Labute approximate surface area is 162 Å². The average Bonchev–Trinajstić information content (AvgIpc) is 3.37. The number of carbonyl (C=O) groups is 2. The lowest BCUT2D eigenvalue weighted by molar-refractivity contribution is -0.134. The quantitative estimate of drug-likeness (QED) is 0.608. The summed E-state index contributed by atoms with van der Waals surface area (Å²) in [4.78, 5) is 25.1. The van der Waals surface area contributed by atoms with Crippen LogP contribution in [0.15, 0.2) is 77.4 Å². The topological polar surface area (TPSA) is 80.6 Å². The van der Waals surface area contributed by atoms with Crippen LogP contribution in [0.1, 0.15) is 18.6 Å². The Bertz CT molecular complexity index is 946. The van der Waals surface area contributed by atoms with Gasteiger partial charge in [0.05, 0.1) is 12.8 Å². The summed E-state index contributed by atoms with van der Waals surface area (Å²) >= 11 is 0. The van der Waals surface area contributed by atoms with E-state index in [1.165, 1.54) is 0 Å². The van der Waals surface area contributed by atoms with E-state index in [1.54, 1.807) is 42.7 Å². The van der Waals surface area contributed by atoms with E-state index in [9.17, 15) is 9.59 Å². The first-order valence-corrected chi connectivity index (χ1v) is 9.11. The first kappa shape index (κ1) is 17.9. The van der Waals surface area contributed by atoms with Crippen molar-refractivity contribution in [2.75, 3.05) is 5.32 Å². The van der Waals surface area contributed by atoms with E-state index in [0.29, 0.717) is 30.0 Å². The maximum atomic E-state index is 12.6. The molecule has 6 heteroatoms. The van der Waals surface area contributed by atoms with E-state index in [4.69, 9.17) is 9.15 Å². The van der Waals surface area contributed by atoms with Gasteiger partial charge in [-0.3, -0.25) is 9.59 Å².